The topological polar surface area (TPSA) is 119 Å². The van der Waals surface area contributed by atoms with Gasteiger partial charge in [0.15, 0.2) is 6.61 Å². The Hall–Kier alpha value is -4.01. The molecule has 2 saturated carbocycles. The summed E-state index contributed by atoms with van der Waals surface area (Å²) in [6.07, 6.45) is 3.60. The summed E-state index contributed by atoms with van der Waals surface area (Å²) >= 11 is 0. The van der Waals surface area contributed by atoms with E-state index in [0.717, 1.165) is 29.7 Å². The van der Waals surface area contributed by atoms with Crippen LogP contribution in [0.15, 0.2) is 54.6 Å². The highest BCUT2D eigenvalue weighted by Gasteiger charge is 2.62. The molecule has 0 radical (unpaired) electrons. The number of benzene rings is 2. The van der Waals surface area contributed by atoms with Gasteiger partial charge in [-0.2, -0.15) is 0 Å². The molecule has 3 fully saturated rings. The third-order valence-electron chi connectivity index (χ3n) is 8.00. The lowest BCUT2D eigenvalue weighted by Gasteiger charge is -2.26. The molecule has 0 unspecified atom stereocenters. The first-order chi connectivity index (χ1) is 18.9. The first-order valence-corrected chi connectivity index (χ1v) is 13.5. The van der Waals surface area contributed by atoms with Crippen LogP contribution in [0.1, 0.15) is 48.5 Å². The number of amides is 3. The fraction of sp³-hybridized carbons (Fsp3) is 0.433. The van der Waals surface area contributed by atoms with Crippen LogP contribution in [0.5, 0.6) is 0 Å². The van der Waals surface area contributed by atoms with E-state index in [2.05, 4.69) is 5.32 Å². The number of esters is 2. The maximum absolute atomic E-state index is 13.4. The molecule has 2 aromatic carbocycles. The van der Waals surface area contributed by atoms with E-state index in [1.807, 2.05) is 37.3 Å². The van der Waals surface area contributed by atoms with Gasteiger partial charge in [0.2, 0.25) is 11.8 Å². The third kappa shape index (κ3) is 5.44. The van der Waals surface area contributed by atoms with Crippen molar-refractivity contribution in [2.75, 3.05) is 18.5 Å². The maximum atomic E-state index is 13.4. The van der Waals surface area contributed by atoms with Crippen molar-refractivity contribution in [1.82, 2.24) is 4.90 Å². The predicted octanol–water partition coefficient (Wildman–Crippen LogP) is 3.38. The summed E-state index contributed by atoms with van der Waals surface area (Å²) in [6, 6.07) is 14.2. The molecule has 204 valence electrons. The molecule has 2 bridgehead atoms. The van der Waals surface area contributed by atoms with Crippen LogP contribution in [-0.2, 0) is 35.1 Å². The Morgan fingerprint density at radius 2 is 1.56 bits per heavy atom. The van der Waals surface area contributed by atoms with E-state index < -0.39 is 30.5 Å². The molecule has 5 rings (SSSR count). The number of anilines is 1. The Bertz CT molecular complexity index is 1230. The van der Waals surface area contributed by atoms with Crippen molar-refractivity contribution >= 4 is 35.3 Å². The molecule has 1 aliphatic heterocycles. The number of carbonyl (C=O) groups is 5. The van der Waals surface area contributed by atoms with Crippen molar-refractivity contribution in [3.05, 3.63) is 65.7 Å². The van der Waals surface area contributed by atoms with Gasteiger partial charge in [0.1, 0.15) is 6.04 Å². The molecule has 9 heteroatoms. The normalized spacial score (nSPS) is 23.9. The predicted molar refractivity (Wildman–Crippen MR) is 140 cm³/mol. The zero-order valence-electron chi connectivity index (χ0n) is 21.8. The van der Waals surface area contributed by atoms with Gasteiger partial charge in [-0.1, -0.05) is 37.3 Å². The standard InChI is InChI=1S/C30H32N2O7/c1-2-14-38-29(36)19-10-12-22(13-11-19)31-24(33)17-39-30(37)23(15-18-6-4-3-5-7-18)32-27(34)25-20-8-9-21(16-20)26(25)28(32)35/h3-7,10-13,20-21,23,25-26H,2,8-9,14-17H2,1H3,(H,31,33)/t20-,21-,23+,25-,26+/m0/s1. The zero-order chi connectivity index (χ0) is 27.5. The van der Waals surface area contributed by atoms with Crippen LogP contribution in [0.4, 0.5) is 5.69 Å². The van der Waals surface area contributed by atoms with Crippen LogP contribution in [0, 0.1) is 23.7 Å². The fourth-order valence-electron chi connectivity index (χ4n) is 6.25. The number of hydrogen-bond donors (Lipinski definition) is 1. The number of hydrogen-bond acceptors (Lipinski definition) is 7. The summed E-state index contributed by atoms with van der Waals surface area (Å²) in [5.41, 5.74) is 1.55. The number of likely N-dealkylation sites (tertiary alicyclic amines) is 1. The van der Waals surface area contributed by atoms with Gasteiger partial charge in [-0.15, -0.1) is 0 Å². The lowest BCUT2D eigenvalue weighted by Crippen LogP contribution is -2.48. The maximum Gasteiger partial charge on any atom is 0.338 e. The SMILES string of the molecule is CCCOC(=O)c1ccc(NC(=O)COC(=O)[C@@H](Cc2ccccc2)N2C(=O)[C@@H]3[C@H]4CC[C@@H](C4)[C@@H]3C2=O)cc1. The highest BCUT2D eigenvalue weighted by Crippen LogP contribution is 2.56. The van der Waals surface area contributed by atoms with Crippen molar-refractivity contribution in [1.29, 1.82) is 0 Å². The smallest absolute Gasteiger partial charge is 0.338 e. The molecule has 3 aliphatic rings. The molecule has 39 heavy (non-hydrogen) atoms. The minimum absolute atomic E-state index is 0.114. The summed E-state index contributed by atoms with van der Waals surface area (Å²) < 4.78 is 10.4. The van der Waals surface area contributed by atoms with E-state index in [-0.39, 0.29) is 41.9 Å². The van der Waals surface area contributed by atoms with Gasteiger partial charge in [-0.3, -0.25) is 19.3 Å². The first kappa shape index (κ1) is 26.6. The molecule has 0 spiro atoms. The molecule has 0 aromatic heterocycles. The summed E-state index contributed by atoms with van der Waals surface area (Å²) in [5, 5.41) is 2.62. The van der Waals surface area contributed by atoms with Crippen LogP contribution in [0.3, 0.4) is 0 Å². The van der Waals surface area contributed by atoms with Gasteiger partial charge in [-0.25, -0.2) is 9.59 Å². The molecule has 2 aromatic rings. The molecule has 3 amide bonds. The third-order valence-corrected chi connectivity index (χ3v) is 8.00. The van der Waals surface area contributed by atoms with Crippen molar-refractivity contribution in [2.24, 2.45) is 23.7 Å². The Morgan fingerprint density at radius 1 is 0.923 bits per heavy atom. The molecule has 1 heterocycles. The second-order valence-corrected chi connectivity index (χ2v) is 10.5. The Morgan fingerprint density at radius 3 is 2.18 bits per heavy atom. The highest BCUT2D eigenvalue weighted by atomic mass is 16.5. The number of ether oxygens (including phenoxy) is 2. The summed E-state index contributed by atoms with van der Waals surface area (Å²) in [6.45, 7) is 1.64. The van der Waals surface area contributed by atoms with Crippen LogP contribution in [0.2, 0.25) is 0 Å². The summed E-state index contributed by atoms with van der Waals surface area (Å²) in [4.78, 5) is 65.7. The van der Waals surface area contributed by atoms with Crippen LogP contribution in [0.25, 0.3) is 0 Å². The first-order valence-electron chi connectivity index (χ1n) is 13.5. The van der Waals surface area contributed by atoms with Gasteiger partial charge in [0.25, 0.3) is 5.91 Å². The van der Waals surface area contributed by atoms with Gasteiger partial charge in [-0.05, 0) is 67.3 Å². The number of carbonyl (C=O) groups excluding carboxylic acids is 5. The van der Waals surface area contributed by atoms with Crippen molar-refractivity contribution in [3.8, 4) is 0 Å². The number of nitrogens with zero attached hydrogens (tertiary/aromatic N) is 1. The lowest BCUT2D eigenvalue weighted by atomic mass is 9.81. The summed E-state index contributed by atoms with van der Waals surface area (Å²) in [7, 11) is 0. The number of nitrogens with one attached hydrogen (secondary N) is 1. The molecule has 2 aliphatic carbocycles. The van der Waals surface area contributed by atoms with Crippen molar-refractivity contribution < 1.29 is 33.4 Å². The van der Waals surface area contributed by atoms with Gasteiger partial charge >= 0.3 is 11.9 Å². The Kier molecular flexibility index (Phi) is 7.77. The quantitative estimate of drug-likeness (QED) is 0.368. The van der Waals surface area contributed by atoms with Crippen molar-refractivity contribution in [3.63, 3.8) is 0 Å². The molecule has 9 nitrogen and oxygen atoms in total. The minimum atomic E-state index is -1.14. The van der Waals surface area contributed by atoms with Crippen molar-refractivity contribution in [2.45, 2.75) is 45.1 Å². The molecule has 1 N–H and O–H groups in total. The van der Waals surface area contributed by atoms with E-state index in [0.29, 0.717) is 24.3 Å². The van der Waals surface area contributed by atoms with Crippen LogP contribution in [-0.4, -0.2) is 53.8 Å². The number of rotatable bonds is 10. The second-order valence-electron chi connectivity index (χ2n) is 10.5. The molecule has 1 saturated heterocycles. The largest absolute Gasteiger partial charge is 0.462 e. The zero-order valence-corrected chi connectivity index (χ0v) is 21.8. The Balaban J connectivity index is 1.24. The van der Waals surface area contributed by atoms with E-state index in [4.69, 9.17) is 9.47 Å². The van der Waals surface area contributed by atoms with E-state index in [9.17, 15) is 24.0 Å². The van der Waals surface area contributed by atoms with Crippen LogP contribution >= 0.6 is 0 Å². The fourth-order valence-corrected chi connectivity index (χ4v) is 6.25. The number of fused-ring (bicyclic) bond motifs is 5. The highest BCUT2D eigenvalue weighted by molar-refractivity contribution is 6.08. The van der Waals surface area contributed by atoms with Gasteiger partial charge < -0.3 is 14.8 Å². The monoisotopic (exact) mass is 532 g/mol. The van der Waals surface area contributed by atoms with E-state index in [1.165, 1.54) is 12.1 Å². The lowest BCUT2D eigenvalue weighted by molar-refractivity contribution is -0.160. The van der Waals surface area contributed by atoms with E-state index >= 15 is 0 Å². The molecular weight excluding hydrogens is 500 g/mol. The average molecular weight is 533 g/mol. The average Bonchev–Trinajstić information content (AvgIpc) is 3.64. The van der Waals surface area contributed by atoms with Gasteiger partial charge in [0, 0.05) is 12.1 Å². The Labute approximate surface area is 226 Å². The van der Waals surface area contributed by atoms with Gasteiger partial charge in [0.05, 0.1) is 24.0 Å². The minimum Gasteiger partial charge on any atom is -0.462 e. The van der Waals surface area contributed by atoms with Crippen LogP contribution < -0.4 is 5.32 Å². The van der Waals surface area contributed by atoms with E-state index in [1.54, 1.807) is 12.1 Å². The number of imide groups is 1. The summed E-state index contributed by atoms with van der Waals surface area (Å²) in [5.74, 6) is -2.73. The second kappa shape index (κ2) is 11.4. The molecule has 5 atom stereocenters. The molecular formula is C30H32N2O7.